The van der Waals surface area contributed by atoms with Gasteiger partial charge in [-0.05, 0) is 37.1 Å². The van der Waals surface area contributed by atoms with Crippen LogP contribution in [-0.2, 0) is 11.9 Å². The fourth-order valence-electron chi connectivity index (χ4n) is 1.59. The predicted molar refractivity (Wildman–Crippen MR) is 71.8 cm³/mol. The lowest BCUT2D eigenvalue weighted by molar-refractivity contribution is 0.480. The SMILES string of the molecule is CCn1cc(Oc2ccc(CBr)c(C)c2)cn1. The molecule has 2 aromatic rings. The maximum Gasteiger partial charge on any atom is 0.165 e. The Hall–Kier alpha value is -1.29. The highest BCUT2D eigenvalue weighted by molar-refractivity contribution is 9.08. The van der Waals surface area contributed by atoms with E-state index in [9.17, 15) is 0 Å². The van der Waals surface area contributed by atoms with E-state index in [1.807, 2.05) is 29.9 Å². The minimum Gasteiger partial charge on any atom is -0.454 e. The molecule has 90 valence electrons. The van der Waals surface area contributed by atoms with Gasteiger partial charge in [-0.1, -0.05) is 22.0 Å². The van der Waals surface area contributed by atoms with Crippen molar-refractivity contribution in [3.05, 3.63) is 41.7 Å². The van der Waals surface area contributed by atoms with Gasteiger partial charge < -0.3 is 4.74 Å². The Balaban J connectivity index is 2.15. The van der Waals surface area contributed by atoms with Crippen molar-refractivity contribution in [3.63, 3.8) is 0 Å². The van der Waals surface area contributed by atoms with Crippen molar-refractivity contribution in [3.8, 4) is 11.5 Å². The fraction of sp³-hybridized carbons (Fsp3) is 0.308. The van der Waals surface area contributed by atoms with Crippen LogP contribution in [0.25, 0.3) is 0 Å². The third-order valence-electron chi connectivity index (χ3n) is 2.63. The van der Waals surface area contributed by atoms with Gasteiger partial charge >= 0.3 is 0 Å². The van der Waals surface area contributed by atoms with Crippen LogP contribution in [0.15, 0.2) is 30.6 Å². The fourth-order valence-corrected chi connectivity index (χ4v) is 2.22. The summed E-state index contributed by atoms with van der Waals surface area (Å²) in [5, 5.41) is 5.04. The molecule has 0 aliphatic rings. The van der Waals surface area contributed by atoms with Crippen LogP contribution in [0, 0.1) is 6.92 Å². The van der Waals surface area contributed by atoms with Crippen LogP contribution in [0.1, 0.15) is 18.1 Å². The molecular weight excluding hydrogens is 280 g/mol. The van der Waals surface area contributed by atoms with Crippen molar-refractivity contribution in [2.75, 3.05) is 0 Å². The Morgan fingerprint density at radius 1 is 1.35 bits per heavy atom. The number of halogens is 1. The highest BCUT2D eigenvalue weighted by Crippen LogP contribution is 2.24. The van der Waals surface area contributed by atoms with Crippen molar-refractivity contribution in [1.82, 2.24) is 9.78 Å². The van der Waals surface area contributed by atoms with Crippen molar-refractivity contribution in [1.29, 1.82) is 0 Å². The highest BCUT2D eigenvalue weighted by Gasteiger charge is 2.03. The van der Waals surface area contributed by atoms with Gasteiger partial charge in [0, 0.05) is 11.9 Å². The number of aryl methyl sites for hydroxylation is 2. The summed E-state index contributed by atoms with van der Waals surface area (Å²) in [7, 11) is 0. The molecule has 0 bridgehead atoms. The predicted octanol–water partition coefficient (Wildman–Crippen LogP) is 3.90. The number of aromatic nitrogens is 2. The Labute approximate surface area is 110 Å². The van der Waals surface area contributed by atoms with Crippen LogP contribution < -0.4 is 4.74 Å². The Bertz CT molecular complexity index is 508. The zero-order valence-corrected chi connectivity index (χ0v) is 11.6. The molecule has 0 aliphatic heterocycles. The van der Waals surface area contributed by atoms with E-state index in [2.05, 4.69) is 34.0 Å². The molecule has 0 amide bonds. The topological polar surface area (TPSA) is 27.1 Å². The zero-order chi connectivity index (χ0) is 12.3. The molecule has 1 aromatic carbocycles. The molecule has 17 heavy (non-hydrogen) atoms. The third kappa shape index (κ3) is 2.88. The maximum atomic E-state index is 5.74. The number of alkyl halides is 1. The molecule has 4 heteroatoms. The zero-order valence-electron chi connectivity index (χ0n) is 9.98. The van der Waals surface area contributed by atoms with E-state index in [1.54, 1.807) is 6.20 Å². The summed E-state index contributed by atoms with van der Waals surface area (Å²) in [5.74, 6) is 1.63. The van der Waals surface area contributed by atoms with Crippen LogP contribution >= 0.6 is 15.9 Å². The quantitative estimate of drug-likeness (QED) is 0.800. The maximum absolute atomic E-state index is 5.74. The molecule has 0 fully saturated rings. The summed E-state index contributed by atoms with van der Waals surface area (Å²) >= 11 is 3.46. The summed E-state index contributed by atoms with van der Waals surface area (Å²) in [4.78, 5) is 0. The van der Waals surface area contributed by atoms with E-state index in [-0.39, 0.29) is 0 Å². The Morgan fingerprint density at radius 3 is 2.76 bits per heavy atom. The van der Waals surface area contributed by atoms with E-state index in [0.29, 0.717) is 0 Å². The van der Waals surface area contributed by atoms with E-state index in [4.69, 9.17) is 4.74 Å². The lowest BCUT2D eigenvalue weighted by Gasteiger charge is -2.06. The summed E-state index contributed by atoms with van der Waals surface area (Å²) < 4.78 is 7.58. The van der Waals surface area contributed by atoms with Crippen LogP contribution in [0.2, 0.25) is 0 Å². The molecule has 0 atom stereocenters. The first-order valence-corrected chi connectivity index (χ1v) is 6.71. The van der Waals surface area contributed by atoms with Crippen molar-refractivity contribution >= 4 is 15.9 Å². The van der Waals surface area contributed by atoms with Crippen LogP contribution in [0.3, 0.4) is 0 Å². The third-order valence-corrected chi connectivity index (χ3v) is 3.23. The highest BCUT2D eigenvalue weighted by atomic mass is 79.9. The average Bonchev–Trinajstić information content (AvgIpc) is 2.77. The molecular formula is C13H15BrN2O. The van der Waals surface area contributed by atoms with Crippen LogP contribution in [-0.4, -0.2) is 9.78 Å². The smallest absolute Gasteiger partial charge is 0.165 e. The standard InChI is InChI=1S/C13H15BrN2O/c1-3-16-9-13(8-15-16)17-12-5-4-11(7-14)10(2)6-12/h4-6,8-9H,3,7H2,1-2H3. The van der Waals surface area contributed by atoms with Gasteiger partial charge in [0.15, 0.2) is 5.75 Å². The number of ether oxygens (including phenoxy) is 1. The van der Waals surface area contributed by atoms with Crippen LogP contribution in [0.4, 0.5) is 0 Å². The number of hydrogen-bond donors (Lipinski definition) is 0. The Morgan fingerprint density at radius 2 is 2.18 bits per heavy atom. The molecule has 0 N–H and O–H groups in total. The number of benzene rings is 1. The van der Waals surface area contributed by atoms with Gasteiger partial charge in [0.05, 0.1) is 12.4 Å². The molecule has 0 spiro atoms. The second-order valence-electron chi connectivity index (χ2n) is 3.86. The van der Waals surface area contributed by atoms with E-state index >= 15 is 0 Å². The van der Waals surface area contributed by atoms with Gasteiger partial charge in [0.25, 0.3) is 0 Å². The molecule has 1 heterocycles. The first-order valence-electron chi connectivity index (χ1n) is 5.58. The molecule has 0 unspecified atom stereocenters. The molecule has 2 rings (SSSR count). The van der Waals surface area contributed by atoms with Gasteiger partial charge in [0.1, 0.15) is 5.75 Å². The number of rotatable bonds is 4. The van der Waals surface area contributed by atoms with Gasteiger partial charge in [-0.15, -0.1) is 0 Å². The minimum atomic E-state index is 0.776. The summed E-state index contributed by atoms with van der Waals surface area (Å²) in [5.41, 5.74) is 2.50. The number of nitrogens with zero attached hydrogens (tertiary/aromatic N) is 2. The van der Waals surface area contributed by atoms with Gasteiger partial charge in [-0.25, -0.2) is 0 Å². The minimum absolute atomic E-state index is 0.776. The molecule has 0 aliphatic carbocycles. The second-order valence-corrected chi connectivity index (χ2v) is 4.42. The monoisotopic (exact) mass is 294 g/mol. The summed E-state index contributed by atoms with van der Waals surface area (Å²) in [6.07, 6.45) is 3.63. The van der Waals surface area contributed by atoms with Crippen LogP contribution in [0.5, 0.6) is 11.5 Å². The summed E-state index contributed by atoms with van der Waals surface area (Å²) in [6.45, 7) is 4.98. The largest absolute Gasteiger partial charge is 0.454 e. The van der Waals surface area contributed by atoms with E-state index in [0.717, 1.165) is 23.4 Å². The first-order chi connectivity index (χ1) is 8.22. The van der Waals surface area contributed by atoms with E-state index in [1.165, 1.54) is 11.1 Å². The van der Waals surface area contributed by atoms with Crippen molar-refractivity contribution in [2.24, 2.45) is 0 Å². The normalized spacial score (nSPS) is 10.5. The van der Waals surface area contributed by atoms with Gasteiger partial charge in [-0.3, -0.25) is 4.68 Å². The molecule has 3 nitrogen and oxygen atoms in total. The Kier molecular flexibility index (Phi) is 3.84. The summed E-state index contributed by atoms with van der Waals surface area (Å²) in [6, 6.07) is 6.09. The molecule has 0 radical (unpaired) electrons. The number of hydrogen-bond acceptors (Lipinski definition) is 2. The van der Waals surface area contributed by atoms with E-state index < -0.39 is 0 Å². The lowest BCUT2D eigenvalue weighted by atomic mass is 10.1. The van der Waals surface area contributed by atoms with Gasteiger partial charge in [-0.2, -0.15) is 5.10 Å². The van der Waals surface area contributed by atoms with Crippen molar-refractivity contribution < 1.29 is 4.74 Å². The second kappa shape index (κ2) is 5.36. The molecule has 0 saturated heterocycles. The molecule has 1 aromatic heterocycles. The average molecular weight is 295 g/mol. The first kappa shape index (κ1) is 12.2. The molecule has 0 saturated carbocycles. The lowest BCUT2D eigenvalue weighted by Crippen LogP contribution is -1.92. The van der Waals surface area contributed by atoms with Crippen molar-refractivity contribution in [2.45, 2.75) is 25.7 Å². The van der Waals surface area contributed by atoms with Gasteiger partial charge in [0.2, 0.25) is 0 Å².